The fraction of sp³-hybridized carbons (Fsp3) is 0.333. The van der Waals surface area contributed by atoms with Crippen molar-refractivity contribution in [1.29, 1.82) is 0 Å². The van der Waals surface area contributed by atoms with Gasteiger partial charge in [-0.05, 0) is 31.3 Å². The van der Waals surface area contributed by atoms with Crippen LogP contribution in [0.4, 0.5) is 10.5 Å². The van der Waals surface area contributed by atoms with E-state index in [0.29, 0.717) is 18.8 Å². The molecule has 0 fully saturated rings. The summed E-state index contributed by atoms with van der Waals surface area (Å²) < 4.78 is 0. The molecular formula is C12H17N3O3. The number of carbonyl (C=O) groups is 2. The van der Waals surface area contributed by atoms with Crippen LogP contribution in [-0.2, 0) is 0 Å². The maximum Gasteiger partial charge on any atom is 0.335 e. The van der Waals surface area contributed by atoms with Crippen molar-refractivity contribution in [2.24, 2.45) is 0 Å². The van der Waals surface area contributed by atoms with E-state index in [9.17, 15) is 9.59 Å². The Bertz CT molecular complexity index is 417. The zero-order valence-electron chi connectivity index (χ0n) is 10.4. The smallest absolute Gasteiger partial charge is 0.335 e. The molecule has 0 aliphatic carbocycles. The summed E-state index contributed by atoms with van der Waals surface area (Å²) in [6.45, 7) is 1.30. The Labute approximate surface area is 106 Å². The Hall–Kier alpha value is -2.08. The molecule has 0 bridgehead atoms. The van der Waals surface area contributed by atoms with E-state index in [-0.39, 0.29) is 11.6 Å². The van der Waals surface area contributed by atoms with Crippen molar-refractivity contribution in [3.63, 3.8) is 0 Å². The minimum Gasteiger partial charge on any atom is -0.478 e. The Morgan fingerprint density at radius 2 is 1.89 bits per heavy atom. The third-order valence-corrected chi connectivity index (χ3v) is 2.43. The first-order chi connectivity index (χ1) is 8.54. The van der Waals surface area contributed by atoms with Crippen LogP contribution in [0.5, 0.6) is 0 Å². The number of nitrogens with one attached hydrogen (secondary N) is 2. The molecule has 0 unspecified atom stereocenters. The van der Waals surface area contributed by atoms with Crippen molar-refractivity contribution >= 4 is 17.7 Å². The predicted octanol–water partition coefficient (Wildman–Crippen LogP) is 1.07. The van der Waals surface area contributed by atoms with E-state index in [1.54, 1.807) is 24.1 Å². The van der Waals surface area contributed by atoms with E-state index in [4.69, 9.17) is 5.11 Å². The number of likely N-dealkylation sites (N-methyl/N-ethyl adjacent to an activating group) is 2. The molecule has 0 aliphatic heterocycles. The first-order valence-electron chi connectivity index (χ1n) is 5.54. The van der Waals surface area contributed by atoms with Gasteiger partial charge >= 0.3 is 12.0 Å². The van der Waals surface area contributed by atoms with Gasteiger partial charge in [0.05, 0.1) is 5.56 Å². The number of aromatic carboxylic acids is 1. The summed E-state index contributed by atoms with van der Waals surface area (Å²) in [4.78, 5) is 23.9. The number of carbonyl (C=O) groups excluding carboxylic acids is 1. The van der Waals surface area contributed by atoms with E-state index in [1.807, 2.05) is 7.05 Å². The molecule has 1 rings (SSSR count). The minimum atomic E-state index is -0.987. The van der Waals surface area contributed by atoms with E-state index >= 15 is 0 Å². The molecule has 0 spiro atoms. The van der Waals surface area contributed by atoms with Crippen molar-refractivity contribution < 1.29 is 14.7 Å². The van der Waals surface area contributed by atoms with E-state index in [0.717, 1.165) is 0 Å². The molecule has 0 heterocycles. The maximum absolute atomic E-state index is 11.7. The van der Waals surface area contributed by atoms with Gasteiger partial charge in [0.2, 0.25) is 0 Å². The third-order valence-electron chi connectivity index (χ3n) is 2.43. The Morgan fingerprint density at radius 1 is 1.28 bits per heavy atom. The fourth-order valence-corrected chi connectivity index (χ4v) is 1.30. The number of rotatable bonds is 5. The van der Waals surface area contributed by atoms with E-state index in [1.165, 1.54) is 12.1 Å². The average Bonchev–Trinajstić information content (AvgIpc) is 2.36. The van der Waals surface area contributed by atoms with Gasteiger partial charge in [0, 0.05) is 25.8 Å². The monoisotopic (exact) mass is 251 g/mol. The molecule has 0 aromatic heterocycles. The minimum absolute atomic E-state index is 0.191. The van der Waals surface area contributed by atoms with Crippen LogP contribution in [0.2, 0.25) is 0 Å². The van der Waals surface area contributed by atoms with Crippen molar-refractivity contribution in [2.75, 3.05) is 32.5 Å². The molecule has 1 aromatic rings. The van der Waals surface area contributed by atoms with Gasteiger partial charge < -0.3 is 20.6 Å². The van der Waals surface area contributed by atoms with Gasteiger partial charge in [0.15, 0.2) is 0 Å². The highest BCUT2D eigenvalue weighted by molar-refractivity contribution is 5.91. The molecular weight excluding hydrogens is 234 g/mol. The molecule has 3 N–H and O–H groups in total. The van der Waals surface area contributed by atoms with Gasteiger partial charge in [0.25, 0.3) is 0 Å². The van der Waals surface area contributed by atoms with E-state index in [2.05, 4.69) is 10.6 Å². The number of benzene rings is 1. The first kappa shape index (κ1) is 14.0. The second kappa shape index (κ2) is 6.61. The lowest BCUT2D eigenvalue weighted by Gasteiger charge is -2.17. The first-order valence-corrected chi connectivity index (χ1v) is 5.54. The molecule has 0 aliphatic rings. The Morgan fingerprint density at radius 3 is 2.39 bits per heavy atom. The van der Waals surface area contributed by atoms with Gasteiger partial charge in [0.1, 0.15) is 0 Å². The summed E-state index contributed by atoms with van der Waals surface area (Å²) in [5.41, 5.74) is 0.762. The van der Waals surface area contributed by atoms with Crippen molar-refractivity contribution in [2.45, 2.75) is 0 Å². The summed E-state index contributed by atoms with van der Waals surface area (Å²) in [7, 11) is 3.51. The number of hydrogen-bond acceptors (Lipinski definition) is 3. The molecule has 0 saturated heterocycles. The lowest BCUT2D eigenvalue weighted by atomic mass is 10.2. The highest BCUT2D eigenvalue weighted by atomic mass is 16.4. The highest BCUT2D eigenvalue weighted by Gasteiger charge is 2.08. The zero-order chi connectivity index (χ0) is 13.5. The SMILES string of the molecule is CNCCN(C)C(=O)Nc1ccc(C(=O)O)cc1. The summed E-state index contributed by atoms with van der Waals surface area (Å²) in [6, 6.07) is 5.80. The van der Waals surface area contributed by atoms with Gasteiger partial charge in [-0.2, -0.15) is 0 Å². The Balaban J connectivity index is 2.56. The van der Waals surface area contributed by atoms with Gasteiger partial charge in [-0.1, -0.05) is 0 Å². The number of nitrogens with zero attached hydrogens (tertiary/aromatic N) is 1. The van der Waals surface area contributed by atoms with Gasteiger partial charge in [-0.25, -0.2) is 9.59 Å². The molecule has 18 heavy (non-hydrogen) atoms. The number of hydrogen-bond donors (Lipinski definition) is 3. The van der Waals surface area contributed by atoms with E-state index < -0.39 is 5.97 Å². The molecule has 0 atom stereocenters. The fourth-order valence-electron chi connectivity index (χ4n) is 1.30. The molecule has 98 valence electrons. The number of amides is 2. The number of urea groups is 1. The predicted molar refractivity (Wildman–Crippen MR) is 69.0 cm³/mol. The van der Waals surface area contributed by atoms with Crippen LogP contribution < -0.4 is 10.6 Å². The zero-order valence-corrected chi connectivity index (χ0v) is 10.4. The molecule has 6 heteroatoms. The number of carboxylic acids is 1. The topological polar surface area (TPSA) is 81.7 Å². The van der Waals surface area contributed by atoms with Gasteiger partial charge in [-0.15, -0.1) is 0 Å². The second-order valence-corrected chi connectivity index (χ2v) is 3.84. The van der Waals surface area contributed by atoms with Crippen LogP contribution in [0.3, 0.4) is 0 Å². The van der Waals surface area contributed by atoms with Crippen LogP contribution in [0.25, 0.3) is 0 Å². The number of anilines is 1. The molecule has 0 radical (unpaired) electrons. The van der Waals surface area contributed by atoms with Crippen molar-refractivity contribution in [1.82, 2.24) is 10.2 Å². The summed E-state index contributed by atoms with van der Waals surface area (Å²) in [5.74, 6) is -0.987. The van der Waals surface area contributed by atoms with Crippen LogP contribution in [-0.4, -0.2) is 49.2 Å². The van der Waals surface area contributed by atoms with Crippen molar-refractivity contribution in [3.8, 4) is 0 Å². The lowest BCUT2D eigenvalue weighted by Crippen LogP contribution is -2.35. The third kappa shape index (κ3) is 4.06. The largest absolute Gasteiger partial charge is 0.478 e. The lowest BCUT2D eigenvalue weighted by molar-refractivity contribution is 0.0697. The van der Waals surface area contributed by atoms with Crippen LogP contribution >= 0.6 is 0 Å². The molecule has 6 nitrogen and oxygen atoms in total. The van der Waals surface area contributed by atoms with Crippen LogP contribution in [0.15, 0.2) is 24.3 Å². The van der Waals surface area contributed by atoms with Crippen LogP contribution in [0.1, 0.15) is 10.4 Å². The quantitative estimate of drug-likeness (QED) is 0.731. The molecule has 0 saturated carbocycles. The Kier molecular flexibility index (Phi) is 5.13. The molecule has 2 amide bonds. The summed E-state index contributed by atoms with van der Waals surface area (Å²) in [6.07, 6.45) is 0. The average molecular weight is 251 g/mol. The standard InChI is InChI=1S/C12H17N3O3/c1-13-7-8-15(2)12(18)14-10-5-3-9(4-6-10)11(16)17/h3-6,13H,7-8H2,1-2H3,(H,14,18)(H,16,17). The van der Waals surface area contributed by atoms with Crippen LogP contribution in [0, 0.1) is 0 Å². The normalized spacial score (nSPS) is 9.89. The summed E-state index contributed by atoms with van der Waals surface area (Å²) >= 11 is 0. The highest BCUT2D eigenvalue weighted by Crippen LogP contribution is 2.10. The molecule has 1 aromatic carbocycles. The van der Waals surface area contributed by atoms with Gasteiger partial charge in [-0.3, -0.25) is 0 Å². The number of carboxylic acid groups (broad SMARTS) is 1. The maximum atomic E-state index is 11.7. The second-order valence-electron chi connectivity index (χ2n) is 3.84. The van der Waals surface area contributed by atoms with Crippen molar-refractivity contribution in [3.05, 3.63) is 29.8 Å². The summed E-state index contributed by atoms with van der Waals surface area (Å²) in [5, 5.41) is 14.4.